The Labute approximate surface area is 165 Å². The van der Waals surface area contributed by atoms with Crippen LogP contribution in [0.1, 0.15) is 39.0 Å². The van der Waals surface area contributed by atoms with Crippen molar-refractivity contribution in [3.8, 4) is 0 Å². The number of rotatable bonds is 6. The van der Waals surface area contributed by atoms with Gasteiger partial charge in [0.15, 0.2) is 5.82 Å². The summed E-state index contributed by atoms with van der Waals surface area (Å²) < 4.78 is 1.63. The summed E-state index contributed by atoms with van der Waals surface area (Å²) in [5.41, 5.74) is 15.4. The number of fused-ring (bicyclic) bond motifs is 1. The minimum Gasteiger partial charge on any atom is -0.382 e. The summed E-state index contributed by atoms with van der Waals surface area (Å²) in [5, 5.41) is 6.96. The summed E-state index contributed by atoms with van der Waals surface area (Å²) in [6.45, 7) is 9.35. The monoisotopic (exact) mass is 389 g/mol. The van der Waals surface area contributed by atoms with Gasteiger partial charge in [0.05, 0.1) is 17.6 Å². The highest BCUT2D eigenvalue weighted by Crippen LogP contribution is 2.46. The van der Waals surface area contributed by atoms with E-state index in [-0.39, 0.29) is 11.6 Å². The summed E-state index contributed by atoms with van der Waals surface area (Å²) in [6, 6.07) is 6.27. The molecule has 0 fully saturated rings. The first kappa shape index (κ1) is 19.5. The maximum atomic E-state index is 6.86. The minimum absolute atomic E-state index is 0.236. The third kappa shape index (κ3) is 3.75. The van der Waals surface area contributed by atoms with E-state index in [9.17, 15) is 0 Å². The van der Waals surface area contributed by atoms with Crippen molar-refractivity contribution in [3.63, 3.8) is 0 Å². The van der Waals surface area contributed by atoms with Crippen molar-refractivity contribution in [1.82, 2.24) is 15.3 Å². The molecule has 0 radical (unpaired) electrons. The van der Waals surface area contributed by atoms with Crippen LogP contribution in [0.3, 0.4) is 0 Å². The van der Waals surface area contributed by atoms with Crippen LogP contribution in [-0.4, -0.2) is 16.5 Å². The molecule has 0 spiro atoms. The fourth-order valence-corrected chi connectivity index (χ4v) is 3.59. The van der Waals surface area contributed by atoms with E-state index in [2.05, 4.69) is 60.4 Å². The van der Waals surface area contributed by atoms with Gasteiger partial charge in [0.2, 0.25) is 5.79 Å². The van der Waals surface area contributed by atoms with Gasteiger partial charge < -0.3 is 16.8 Å². The van der Waals surface area contributed by atoms with E-state index in [1.54, 1.807) is 4.42 Å². The van der Waals surface area contributed by atoms with Crippen LogP contribution >= 0.6 is 11.8 Å². The summed E-state index contributed by atoms with van der Waals surface area (Å²) in [6.07, 6.45) is 2.47. The second-order valence-electron chi connectivity index (χ2n) is 7.87. The first-order valence-electron chi connectivity index (χ1n) is 9.23. The zero-order valence-electron chi connectivity index (χ0n) is 16.3. The standard InChI is InChI=1S/C19H28ClN7/c1-11(2)7-13-5-6-14-15(8-13)27(20)19(26-14,24-9-12(3)4)17-18(22)25-16(21)10-23-17/h5-6,8,10-12,24,26H,7,9H2,1-4H3,(H4,21,22,25). The van der Waals surface area contributed by atoms with Crippen LogP contribution in [0.15, 0.2) is 24.4 Å². The Morgan fingerprint density at radius 3 is 2.59 bits per heavy atom. The third-order valence-electron chi connectivity index (χ3n) is 4.45. The van der Waals surface area contributed by atoms with E-state index >= 15 is 0 Å². The Kier molecular flexibility index (Phi) is 5.35. The lowest BCUT2D eigenvalue weighted by molar-refractivity contribution is 0.375. The zero-order valence-corrected chi connectivity index (χ0v) is 17.0. The Hall–Kier alpha value is -2.25. The molecule has 0 aliphatic carbocycles. The molecule has 2 heterocycles. The fraction of sp³-hybridized carbons (Fsp3) is 0.474. The fourth-order valence-electron chi connectivity index (χ4n) is 3.27. The molecular formula is C19H28ClN7. The van der Waals surface area contributed by atoms with Crippen molar-refractivity contribution in [3.05, 3.63) is 35.7 Å². The predicted octanol–water partition coefficient (Wildman–Crippen LogP) is 3.28. The largest absolute Gasteiger partial charge is 0.382 e. The molecule has 3 rings (SSSR count). The Bertz CT molecular complexity index is 824. The van der Waals surface area contributed by atoms with Gasteiger partial charge in [0, 0.05) is 18.3 Å². The van der Waals surface area contributed by atoms with Crippen molar-refractivity contribution in [2.24, 2.45) is 11.8 Å². The molecule has 1 aromatic carbocycles. The molecule has 0 saturated carbocycles. The van der Waals surface area contributed by atoms with Crippen molar-refractivity contribution >= 4 is 34.8 Å². The topological polar surface area (TPSA) is 105 Å². The lowest BCUT2D eigenvalue weighted by Crippen LogP contribution is -2.57. The molecule has 2 aromatic rings. The highest BCUT2D eigenvalue weighted by atomic mass is 35.5. The first-order chi connectivity index (χ1) is 12.7. The minimum atomic E-state index is -1.00. The molecule has 1 unspecified atom stereocenters. The highest BCUT2D eigenvalue weighted by Gasteiger charge is 2.47. The number of anilines is 4. The average molecular weight is 390 g/mol. The Morgan fingerprint density at radius 1 is 1.22 bits per heavy atom. The molecule has 1 atom stereocenters. The number of nitrogens with two attached hydrogens (primary N) is 2. The van der Waals surface area contributed by atoms with Gasteiger partial charge in [-0.3, -0.25) is 5.32 Å². The molecular weight excluding hydrogens is 362 g/mol. The van der Waals surface area contributed by atoms with Crippen molar-refractivity contribution < 1.29 is 0 Å². The smallest absolute Gasteiger partial charge is 0.229 e. The second-order valence-corrected chi connectivity index (χ2v) is 8.21. The summed E-state index contributed by atoms with van der Waals surface area (Å²) in [7, 11) is 0. The molecule has 146 valence electrons. The number of benzene rings is 1. The van der Waals surface area contributed by atoms with Gasteiger partial charge in [-0.25, -0.2) is 14.4 Å². The van der Waals surface area contributed by atoms with Gasteiger partial charge in [-0.1, -0.05) is 33.8 Å². The van der Waals surface area contributed by atoms with E-state index in [1.807, 2.05) is 6.07 Å². The number of aromatic nitrogens is 2. The van der Waals surface area contributed by atoms with E-state index in [0.29, 0.717) is 24.1 Å². The van der Waals surface area contributed by atoms with Gasteiger partial charge in [-0.05, 0) is 36.0 Å². The molecule has 1 aliphatic rings. The van der Waals surface area contributed by atoms with Crippen molar-refractivity contribution in [2.45, 2.75) is 39.9 Å². The van der Waals surface area contributed by atoms with Crippen LogP contribution in [-0.2, 0) is 12.2 Å². The van der Waals surface area contributed by atoms with Crippen LogP contribution in [0.5, 0.6) is 0 Å². The highest BCUT2D eigenvalue weighted by molar-refractivity contribution is 6.28. The predicted molar refractivity (Wildman–Crippen MR) is 112 cm³/mol. The molecule has 0 bridgehead atoms. The maximum absolute atomic E-state index is 6.86. The van der Waals surface area contributed by atoms with E-state index in [1.165, 1.54) is 11.8 Å². The normalized spacial score (nSPS) is 18.9. The summed E-state index contributed by atoms with van der Waals surface area (Å²) in [4.78, 5) is 8.62. The molecule has 0 amide bonds. The lowest BCUT2D eigenvalue weighted by Gasteiger charge is -2.36. The van der Waals surface area contributed by atoms with Gasteiger partial charge in [-0.2, -0.15) is 0 Å². The molecule has 1 aliphatic heterocycles. The quantitative estimate of drug-likeness (QED) is 0.562. The van der Waals surface area contributed by atoms with Crippen LogP contribution in [0.2, 0.25) is 0 Å². The van der Waals surface area contributed by atoms with Gasteiger partial charge >= 0.3 is 0 Å². The number of nitrogen functional groups attached to an aromatic ring is 2. The van der Waals surface area contributed by atoms with Crippen molar-refractivity contribution in [2.75, 3.05) is 27.7 Å². The molecule has 8 heteroatoms. The van der Waals surface area contributed by atoms with Crippen LogP contribution in [0, 0.1) is 11.8 Å². The summed E-state index contributed by atoms with van der Waals surface area (Å²) in [5.74, 6) is 0.460. The average Bonchev–Trinajstić information content (AvgIpc) is 2.86. The van der Waals surface area contributed by atoms with E-state index in [4.69, 9.17) is 23.2 Å². The van der Waals surface area contributed by atoms with Crippen LogP contribution in [0.4, 0.5) is 23.0 Å². The number of halogens is 1. The van der Waals surface area contributed by atoms with E-state index < -0.39 is 5.79 Å². The third-order valence-corrected chi connectivity index (χ3v) is 4.89. The molecule has 27 heavy (non-hydrogen) atoms. The maximum Gasteiger partial charge on any atom is 0.229 e. The number of hydrogen-bond donors (Lipinski definition) is 4. The van der Waals surface area contributed by atoms with Gasteiger partial charge in [-0.15, -0.1) is 0 Å². The second kappa shape index (κ2) is 7.40. The van der Waals surface area contributed by atoms with Crippen molar-refractivity contribution in [1.29, 1.82) is 0 Å². The number of nitrogens with zero attached hydrogens (tertiary/aromatic N) is 3. The summed E-state index contributed by atoms with van der Waals surface area (Å²) >= 11 is 6.86. The molecule has 6 N–H and O–H groups in total. The molecule has 7 nitrogen and oxygen atoms in total. The molecule has 0 saturated heterocycles. The lowest BCUT2D eigenvalue weighted by atomic mass is 10.0. The SMILES string of the molecule is CC(C)CNC1(c2ncc(N)nc2N)Nc2ccc(CC(C)C)cc2N1Cl. The van der Waals surface area contributed by atoms with Gasteiger partial charge in [0.1, 0.15) is 11.5 Å². The number of nitrogens with one attached hydrogen (secondary N) is 2. The first-order valence-corrected chi connectivity index (χ1v) is 9.57. The van der Waals surface area contributed by atoms with Gasteiger partial charge in [0.25, 0.3) is 0 Å². The molecule has 1 aromatic heterocycles. The van der Waals surface area contributed by atoms with E-state index in [0.717, 1.165) is 17.8 Å². The number of hydrogen-bond acceptors (Lipinski definition) is 7. The Balaban J connectivity index is 2.06. The Morgan fingerprint density at radius 2 is 1.96 bits per heavy atom. The van der Waals surface area contributed by atoms with Crippen LogP contribution < -0.4 is 26.5 Å². The van der Waals surface area contributed by atoms with Crippen LogP contribution in [0.25, 0.3) is 0 Å². The zero-order chi connectivity index (χ0) is 19.8.